The summed E-state index contributed by atoms with van der Waals surface area (Å²) in [7, 11) is 0. The van der Waals surface area contributed by atoms with E-state index in [4.69, 9.17) is 11.6 Å². The molecule has 1 aromatic carbocycles. The fourth-order valence-electron chi connectivity index (χ4n) is 2.77. The summed E-state index contributed by atoms with van der Waals surface area (Å²) in [5, 5.41) is 5.75. The Labute approximate surface area is 163 Å². The lowest BCUT2D eigenvalue weighted by Crippen LogP contribution is -2.20. The topological polar surface area (TPSA) is 44.9 Å². The van der Waals surface area contributed by atoms with Gasteiger partial charge >= 0.3 is 0 Å². The maximum atomic E-state index is 11.2. The van der Waals surface area contributed by atoms with Gasteiger partial charge in [-0.3, -0.25) is 4.79 Å². The van der Waals surface area contributed by atoms with Crippen LogP contribution in [0.2, 0.25) is 5.02 Å². The van der Waals surface area contributed by atoms with Gasteiger partial charge in [0.1, 0.15) is 0 Å². The number of aromatic nitrogens is 1. The molecule has 1 aliphatic carbocycles. The van der Waals surface area contributed by atoms with E-state index in [2.05, 4.69) is 41.2 Å². The second-order valence-corrected chi connectivity index (χ2v) is 7.74. The molecule has 2 aromatic rings. The highest BCUT2D eigenvalue weighted by molar-refractivity contribution is 7.99. The Morgan fingerprint density at radius 2 is 2.19 bits per heavy atom. The second-order valence-electron chi connectivity index (χ2n) is 6.20. The Kier molecular flexibility index (Phi) is 6.13. The third kappa shape index (κ3) is 4.75. The second kappa shape index (κ2) is 8.53. The standard InChI is InChI=1S/C21H21ClN2OS/c1-3-9-26-21-12-17-11-16(19(22)13-20(17)24-21)8-7-15-5-4-6-18(10-15)23-14(2)25/h5,10-13,24H,3-4,6,9H2,1-2H3,(H,23,25). The minimum atomic E-state index is -0.0526. The maximum Gasteiger partial charge on any atom is 0.220 e. The van der Waals surface area contributed by atoms with Gasteiger partial charge < -0.3 is 10.3 Å². The highest BCUT2D eigenvalue weighted by atomic mass is 35.5. The van der Waals surface area contributed by atoms with Gasteiger partial charge in [-0.1, -0.05) is 36.4 Å². The first kappa shape index (κ1) is 18.7. The van der Waals surface area contributed by atoms with E-state index < -0.39 is 0 Å². The quantitative estimate of drug-likeness (QED) is 0.546. The van der Waals surface area contributed by atoms with Crippen LogP contribution in [0.25, 0.3) is 10.9 Å². The minimum Gasteiger partial charge on any atom is -0.350 e. The Bertz CT molecular complexity index is 960. The SMILES string of the molecule is CCCSc1cc2cc(C#CC3=CCCC(NC(C)=O)=C3)c(Cl)cc2[nH]1. The monoisotopic (exact) mass is 384 g/mol. The normalized spacial score (nSPS) is 13.7. The predicted octanol–water partition coefficient (Wildman–Crippen LogP) is 5.42. The number of halogens is 1. The van der Waals surface area contributed by atoms with Crippen molar-refractivity contribution in [1.82, 2.24) is 10.3 Å². The number of amides is 1. The number of nitrogens with one attached hydrogen (secondary N) is 2. The average molecular weight is 385 g/mol. The van der Waals surface area contributed by atoms with Gasteiger partial charge in [-0.25, -0.2) is 0 Å². The molecule has 1 aromatic heterocycles. The van der Waals surface area contributed by atoms with Crippen molar-refractivity contribution in [2.75, 3.05) is 5.75 Å². The number of thioether (sulfide) groups is 1. The number of fused-ring (bicyclic) bond motifs is 1. The van der Waals surface area contributed by atoms with E-state index in [1.54, 1.807) is 0 Å². The van der Waals surface area contributed by atoms with Gasteiger partial charge in [0.15, 0.2) is 0 Å². The van der Waals surface area contributed by atoms with Crippen LogP contribution in [0, 0.1) is 11.8 Å². The number of carbonyl (C=O) groups is 1. The number of H-pyrrole nitrogens is 1. The molecule has 0 atom stereocenters. The highest BCUT2D eigenvalue weighted by Crippen LogP contribution is 2.28. The summed E-state index contributed by atoms with van der Waals surface area (Å²) in [5.41, 5.74) is 3.66. The van der Waals surface area contributed by atoms with Crippen molar-refractivity contribution in [3.05, 3.63) is 52.2 Å². The molecule has 1 amide bonds. The number of rotatable bonds is 4. The zero-order chi connectivity index (χ0) is 18.5. The average Bonchev–Trinajstić information content (AvgIpc) is 2.99. The van der Waals surface area contributed by atoms with Crippen LogP contribution in [0.1, 0.15) is 38.7 Å². The summed E-state index contributed by atoms with van der Waals surface area (Å²) in [5.74, 6) is 7.38. The van der Waals surface area contributed by atoms with Crippen LogP contribution in [-0.4, -0.2) is 16.6 Å². The Balaban J connectivity index is 1.84. The van der Waals surface area contributed by atoms with Crippen molar-refractivity contribution in [1.29, 1.82) is 0 Å². The molecule has 1 heterocycles. The molecular weight excluding hydrogens is 364 g/mol. The largest absolute Gasteiger partial charge is 0.350 e. The minimum absolute atomic E-state index is 0.0526. The van der Waals surface area contributed by atoms with E-state index >= 15 is 0 Å². The third-order valence-corrected chi connectivity index (χ3v) is 5.39. The van der Waals surface area contributed by atoms with E-state index in [1.807, 2.05) is 30.0 Å². The van der Waals surface area contributed by atoms with E-state index in [9.17, 15) is 4.79 Å². The molecule has 3 nitrogen and oxygen atoms in total. The number of hydrogen-bond donors (Lipinski definition) is 2. The molecule has 0 bridgehead atoms. The van der Waals surface area contributed by atoms with E-state index in [0.29, 0.717) is 5.02 Å². The van der Waals surface area contributed by atoms with Crippen molar-refractivity contribution in [3.63, 3.8) is 0 Å². The lowest BCUT2D eigenvalue weighted by Gasteiger charge is -2.11. The lowest BCUT2D eigenvalue weighted by atomic mass is 10.0. The zero-order valence-electron chi connectivity index (χ0n) is 14.9. The van der Waals surface area contributed by atoms with Crippen LogP contribution in [0.4, 0.5) is 0 Å². The first-order chi connectivity index (χ1) is 12.5. The van der Waals surface area contributed by atoms with Gasteiger partial charge in [-0.15, -0.1) is 11.8 Å². The van der Waals surface area contributed by atoms with Crippen molar-refractivity contribution in [2.45, 2.75) is 38.1 Å². The van der Waals surface area contributed by atoms with E-state index in [-0.39, 0.29) is 5.91 Å². The van der Waals surface area contributed by atoms with Gasteiger partial charge in [-0.2, -0.15) is 0 Å². The van der Waals surface area contributed by atoms with Gasteiger partial charge in [-0.05, 0) is 49.3 Å². The number of aromatic amines is 1. The summed E-state index contributed by atoms with van der Waals surface area (Å²) in [6.45, 7) is 3.69. The van der Waals surface area contributed by atoms with Gasteiger partial charge in [0.05, 0.1) is 10.0 Å². The Morgan fingerprint density at radius 3 is 2.96 bits per heavy atom. The van der Waals surface area contributed by atoms with Crippen molar-refractivity contribution in [3.8, 4) is 11.8 Å². The molecule has 0 saturated heterocycles. The van der Waals surface area contributed by atoms with Gasteiger partial charge in [0, 0.05) is 34.7 Å². The van der Waals surface area contributed by atoms with Crippen molar-refractivity contribution in [2.24, 2.45) is 0 Å². The van der Waals surface area contributed by atoms with E-state index in [1.165, 1.54) is 6.92 Å². The van der Waals surface area contributed by atoms with Crippen LogP contribution in [0.15, 0.2) is 46.6 Å². The summed E-state index contributed by atoms with van der Waals surface area (Å²) in [6, 6.07) is 6.11. The lowest BCUT2D eigenvalue weighted by molar-refractivity contribution is -0.118. The van der Waals surface area contributed by atoms with Crippen LogP contribution in [0.3, 0.4) is 0 Å². The highest BCUT2D eigenvalue weighted by Gasteiger charge is 2.07. The number of allylic oxidation sites excluding steroid dienone is 4. The molecule has 0 saturated carbocycles. The van der Waals surface area contributed by atoms with Gasteiger partial charge in [0.25, 0.3) is 0 Å². The first-order valence-electron chi connectivity index (χ1n) is 8.70. The fraction of sp³-hybridized carbons (Fsp3) is 0.286. The van der Waals surface area contributed by atoms with Crippen molar-refractivity contribution < 1.29 is 4.79 Å². The van der Waals surface area contributed by atoms with Crippen LogP contribution in [0.5, 0.6) is 0 Å². The number of hydrogen-bond acceptors (Lipinski definition) is 2. The molecule has 26 heavy (non-hydrogen) atoms. The molecule has 134 valence electrons. The van der Waals surface area contributed by atoms with E-state index in [0.717, 1.165) is 57.8 Å². The summed E-state index contributed by atoms with van der Waals surface area (Å²) >= 11 is 8.22. The number of carbonyl (C=O) groups excluding carboxylic acids is 1. The third-order valence-electron chi connectivity index (χ3n) is 3.93. The molecule has 2 N–H and O–H groups in total. The molecule has 0 unspecified atom stereocenters. The predicted molar refractivity (Wildman–Crippen MR) is 110 cm³/mol. The van der Waals surface area contributed by atoms with Gasteiger partial charge in [0.2, 0.25) is 5.91 Å². The molecule has 0 spiro atoms. The summed E-state index contributed by atoms with van der Waals surface area (Å²) in [6.07, 6.45) is 6.86. The van der Waals surface area contributed by atoms with Crippen molar-refractivity contribution >= 4 is 40.2 Å². The molecule has 1 aliphatic rings. The van der Waals surface area contributed by atoms with Crippen LogP contribution >= 0.6 is 23.4 Å². The molecule has 3 rings (SSSR count). The Hall–Kier alpha value is -2.09. The molecule has 5 heteroatoms. The summed E-state index contributed by atoms with van der Waals surface area (Å²) < 4.78 is 0. The fourth-order valence-corrected chi connectivity index (χ4v) is 3.79. The maximum absolute atomic E-state index is 11.2. The van der Waals surface area contributed by atoms with Crippen LogP contribution < -0.4 is 5.32 Å². The molecular formula is C21H21ClN2OS. The van der Waals surface area contributed by atoms with Crippen LogP contribution in [-0.2, 0) is 4.79 Å². The molecule has 0 radical (unpaired) electrons. The smallest absolute Gasteiger partial charge is 0.220 e. The first-order valence-corrected chi connectivity index (χ1v) is 10.1. The Morgan fingerprint density at radius 1 is 1.35 bits per heavy atom. The zero-order valence-corrected chi connectivity index (χ0v) is 16.5. The summed E-state index contributed by atoms with van der Waals surface area (Å²) in [4.78, 5) is 14.6. The molecule has 0 fully saturated rings. The molecule has 0 aliphatic heterocycles. The number of benzene rings is 1.